The number of imidazole rings is 2. The van der Waals surface area contributed by atoms with Gasteiger partial charge in [0.15, 0.2) is 46.3 Å². The highest BCUT2D eigenvalue weighted by molar-refractivity contribution is 6.28. The van der Waals surface area contributed by atoms with E-state index < -0.39 is 0 Å². The Labute approximate surface area is 361 Å². The van der Waals surface area contributed by atoms with E-state index in [1.54, 1.807) is 62.3 Å². The van der Waals surface area contributed by atoms with Gasteiger partial charge in [-0.25, -0.2) is 29.9 Å². The van der Waals surface area contributed by atoms with Gasteiger partial charge in [-0.1, -0.05) is 41.5 Å². The highest BCUT2D eigenvalue weighted by Crippen LogP contribution is 2.38. The minimum absolute atomic E-state index is 0.0593. The first-order valence-corrected chi connectivity index (χ1v) is 20.0. The predicted molar refractivity (Wildman–Crippen MR) is 236 cm³/mol. The summed E-state index contributed by atoms with van der Waals surface area (Å²) < 4.78 is 25.9. The Balaban J connectivity index is 0.000000169. The third-order valence-electron chi connectivity index (χ3n) is 10.1. The van der Waals surface area contributed by atoms with Gasteiger partial charge in [-0.15, -0.1) is 0 Å². The third kappa shape index (κ3) is 10.3. The molecular formula is C42H55ClN14O4. The number of ether oxygens (including phenoxy) is 4. The fourth-order valence-electron chi connectivity index (χ4n) is 6.84. The fraction of sp³-hybridized carbons (Fsp3) is 0.429. The zero-order chi connectivity index (χ0) is 44.2. The second-order valence-electron chi connectivity index (χ2n) is 16.8. The number of nitrogens with two attached hydrogens (primary N) is 1. The number of aryl methyl sites for hydroxylation is 2. The quantitative estimate of drug-likeness (QED) is 0.164. The van der Waals surface area contributed by atoms with E-state index in [0.717, 1.165) is 28.7 Å². The molecule has 0 unspecified atom stereocenters. The number of aromatic nitrogens is 10. The summed E-state index contributed by atoms with van der Waals surface area (Å²) in [6.45, 7) is 18.3. The molecule has 0 aliphatic carbocycles. The van der Waals surface area contributed by atoms with E-state index in [1.807, 2.05) is 51.0 Å². The van der Waals surface area contributed by atoms with E-state index in [0.29, 0.717) is 59.5 Å². The van der Waals surface area contributed by atoms with Gasteiger partial charge in [0.25, 0.3) is 0 Å². The van der Waals surface area contributed by atoms with Crippen LogP contribution < -0.4 is 39.8 Å². The molecule has 8 heterocycles. The summed E-state index contributed by atoms with van der Waals surface area (Å²) in [4.78, 5) is 38.6. The smallest absolute Gasteiger partial charge is 0.229 e. The number of methoxy groups -OCH3 is 2. The number of nitrogens with zero attached hydrogens (tertiary/aromatic N) is 12. The maximum atomic E-state index is 5.91. The molecule has 0 amide bonds. The van der Waals surface area contributed by atoms with Crippen LogP contribution in [0, 0.1) is 24.7 Å². The van der Waals surface area contributed by atoms with Crippen molar-refractivity contribution < 1.29 is 18.9 Å². The van der Waals surface area contributed by atoms with Gasteiger partial charge in [-0.05, 0) is 36.3 Å². The summed E-state index contributed by atoms with van der Waals surface area (Å²) in [5.74, 6) is 5.99. The monoisotopic (exact) mass is 854 g/mol. The van der Waals surface area contributed by atoms with E-state index in [4.69, 9.17) is 36.3 Å². The molecule has 0 radical (unpaired) electrons. The van der Waals surface area contributed by atoms with Gasteiger partial charge >= 0.3 is 0 Å². The Kier molecular flexibility index (Phi) is 13.1. The van der Waals surface area contributed by atoms with Gasteiger partial charge in [-0.3, -0.25) is 9.13 Å². The molecule has 2 atom stereocenters. The van der Waals surface area contributed by atoms with E-state index in [-0.39, 0.29) is 28.2 Å². The maximum absolute atomic E-state index is 5.91. The molecule has 0 fully saturated rings. The van der Waals surface area contributed by atoms with Crippen molar-refractivity contribution in [2.24, 2.45) is 10.8 Å². The van der Waals surface area contributed by atoms with Gasteiger partial charge in [0.05, 0.1) is 73.9 Å². The molecule has 3 N–H and O–H groups in total. The van der Waals surface area contributed by atoms with Crippen molar-refractivity contribution in [2.45, 2.75) is 67.5 Å². The second kappa shape index (κ2) is 18.0. The standard InChI is InChI=1S/C21H27N7O2.C11H16ClN3O.C10H12N4O/c1-13-10-28(12-24-13)18-15(29-6)7-14(8-22-18)25-20-23-9-16-19(26-20)27(5)17(11-30-16)21(2,3)4;1-11(2,3)8-6-16-7-5-13-10(12)14-9(7)15(8)4;1-7-5-14(6-13-7)10-9(15-2)3-8(11)4-12-10/h7-10,12,17H,11H2,1-6H3,(H,23,25,26);5,8H,6H2,1-4H3;3-6H,11H2,1-2H3/t17-;8-;/m11./s1. The van der Waals surface area contributed by atoms with E-state index >= 15 is 0 Å². The van der Waals surface area contributed by atoms with E-state index in [1.165, 1.54) is 0 Å². The molecule has 0 bridgehead atoms. The van der Waals surface area contributed by atoms with Crippen LogP contribution >= 0.6 is 11.6 Å². The molecule has 0 aromatic carbocycles. The maximum Gasteiger partial charge on any atom is 0.229 e. The zero-order valence-electron chi connectivity index (χ0n) is 36.8. The van der Waals surface area contributed by atoms with E-state index in [2.05, 4.69) is 96.5 Å². The van der Waals surface area contributed by atoms with Gasteiger partial charge < -0.3 is 39.8 Å². The number of rotatable bonds is 6. The van der Waals surface area contributed by atoms with Crippen molar-refractivity contribution in [3.8, 4) is 34.6 Å². The third-order valence-corrected chi connectivity index (χ3v) is 10.3. The van der Waals surface area contributed by atoms with Crippen LogP contribution in [0.3, 0.4) is 0 Å². The van der Waals surface area contributed by atoms with Crippen molar-refractivity contribution in [3.05, 3.63) is 78.6 Å². The number of hydrogen-bond donors (Lipinski definition) is 2. The molecule has 8 rings (SSSR count). The summed E-state index contributed by atoms with van der Waals surface area (Å²) in [5.41, 5.74) is 8.94. The molecule has 2 aliphatic rings. The molecule has 0 spiro atoms. The molecule has 324 valence electrons. The first-order chi connectivity index (χ1) is 28.9. The lowest BCUT2D eigenvalue weighted by Crippen LogP contribution is -2.49. The summed E-state index contributed by atoms with van der Waals surface area (Å²) in [7, 11) is 7.26. The van der Waals surface area contributed by atoms with Crippen molar-refractivity contribution in [1.29, 1.82) is 0 Å². The minimum Gasteiger partial charge on any atom is -0.493 e. The van der Waals surface area contributed by atoms with Crippen molar-refractivity contribution >= 4 is 40.6 Å². The van der Waals surface area contributed by atoms with Crippen LogP contribution in [0.2, 0.25) is 5.28 Å². The summed E-state index contributed by atoms with van der Waals surface area (Å²) in [6.07, 6.45) is 13.8. The van der Waals surface area contributed by atoms with Gasteiger partial charge in [0.1, 0.15) is 25.9 Å². The Morgan fingerprint density at radius 2 is 1.16 bits per heavy atom. The lowest BCUT2D eigenvalue weighted by molar-refractivity contribution is 0.182. The Morgan fingerprint density at radius 3 is 1.66 bits per heavy atom. The zero-order valence-corrected chi connectivity index (χ0v) is 37.6. The molecule has 0 saturated heterocycles. The van der Waals surface area contributed by atoms with Crippen LogP contribution in [-0.2, 0) is 0 Å². The van der Waals surface area contributed by atoms with Crippen molar-refractivity contribution in [1.82, 2.24) is 49.0 Å². The molecule has 0 saturated carbocycles. The topological polar surface area (TPSA) is 194 Å². The lowest BCUT2D eigenvalue weighted by Gasteiger charge is -2.42. The number of halogens is 1. The normalized spacial score (nSPS) is 15.8. The van der Waals surface area contributed by atoms with Crippen LogP contribution in [0.25, 0.3) is 11.6 Å². The van der Waals surface area contributed by atoms with E-state index in [9.17, 15) is 0 Å². The Morgan fingerprint density at radius 1 is 0.672 bits per heavy atom. The lowest BCUT2D eigenvalue weighted by atomic mass is 9.86. The average Bonchev–Trinajstić information content (AvgIpc) is 3.85. The predicted octanol–water partition coefficient (Wildman–Crippen LogP) is 6.90. The molecule has 6 aromatic rings. The van der Waals surface area contributed by atoms with Crippen LogP contribution in [0.15, 0.2) is 62.0 Å². The number of likely N-dealkylation sites (N-methyl/N-ethyl adjacent to an activating group) is 2. The number of nitrogens with one attached hydrogen (secondary N) is 1. The molecule has 2 aliphatic heterocycles. The molecular weight excluding hydrogens is 800 g/mol. The minimum atomic E-state index is 0.0593. The van der Waals surface area contributed by atoms with Crippen molar-refractivity contribution in [2.75, 3.05) is 62.4 Å². The first-order valence-electron chi connectivity index (χ1n) is 19.6. The van der Waals surface area contributed by atoms with Gasteiger partial charge in [-0.2, -0.15) is 9.97 Å². The molecule has 6 aromatic heterocycles. The average molecular weight is 855 g/mol. The van der Waals surface area contributed by atoms with Crippen LogP contribution in [0.1, 0.15) is 52.9 Å². The number of hydrogen-bond acceptors (Lipinski definition) is 16. The highest BCUT2D eigenvalue weighted by Gasteiger charge is 2.36. The summed E-state index contributed by atoms with van der Waals surface area (Å²) >= 11 is 5.80. The van der Waals surface area contributed by atoms with Crippen molar-refractivity contribution in [3.63, 3.8) is 0 Å². The number of pyridine rings is 2. The summed E-state index contributed by atoms with van der Waals surface area (Å²) in [6, 6.07) is 4.09. The second-order valence-corrected chi connectivity index (χ2v) is 17.2. The van der Waals surface area contributed by atoms with Crippen LogP contribution in [0.4, 0.5) is 29.0 Å². The number of nitrogen functional groups attached to an aromatic ring is 1. The van der Waals surface area contributed by atoms with Crippen LogP contribution in [0.5, 0.6) is 23.0 Å². The summed E-state index contributed by atoms with van der Waals surface area (Å²) in [5, 5.41) is 3.47. The molecule has 61 heavy (non-hydrogen) atoms. The largest absolute Gasteiger partial charge is 0.493 e. The fourth-order valence-corrected chi connectivity index (χ4v) is 6.97. The number of fused-ring (bicyclic) bond motifs is 2. The number of anilines is 5. The Hall–Kier alpha value is -6.43. The molecule has 19 heteroatoms. The van der Waals surface area contributed by atoms with Crippen LogP contribution in [-0.4, -0.2) is 103 Å². The first kappa shape index (κ1) is 44.1. The highest BCUT2D eigenvalue weighted by atomic mass is 35.5. The van der Waals surface area contributed by atoms with Gasteiger partial charge in [0.2, 0.25) is 11.2 Å². The molecule has 18 nitrogen and oxygen atoms in total. The Bertz CT molecular complexity index is 2440. The SMILES string of the molecule is CN1c2nc(Cl)ncc2OC[C@@H]1C(C)(C)C.COc1cc(N)cnc1-n1cnc(C)c1.COc1cc(Nc2ncc3c(n2)N(C)[C@@H](C(C)(C)C)CO3)cnc1-n1cnc(C)c1. The van der Waals surface area contributed by atoms with Gasteiger partial charge in [0, 0.05) is 38.6 Å².